The zero-order chi connectivity index (χ0) is 19.9. The monoisotopic (exact) mass is 385 g/mol. The highest BCUT2D eigenvalue weighted by atomic mass is 16.4. The predicted octanol–water partition coefficient (Wildman–Crippen LogP) is 2.47. The van der Waals surface area contributed by atoms with Gasteiger partial charge in [0.1, 0.15) is 5.54 Å². The van der Waals surface area contributed by atoms with Crippen molar-refractivity contribution in [3.8, 4) is 0 Å². The topological polar surface area (TPSA) is 89.9 Å². The first-order chi connectivity index (χ1) is 13.4. The van der Waals surface area contributed by atoms with Gasteiger partial charge in [-0.2, -0.15) is 0 Å². The minimum absolute atomic E-state index is 0.0804. The molecule has 2 amide bonds. The molecule has 1 saturated heterocycles. The Kier molecular flexibility index (Phi) is 4.65. The van der Waals surface area contributed by atoms with Crippen molar-refractivity contribution >= 4 is 29.2 Å². The summed E-state index contributed by atoms with van der Waals surface area (Å²) in [5, 5.41) is 12.4. The third-order valence-corrected chi connectivity index (χ3v) is 6.76. The van der Waals surface area contributed by atoms with Crippen molar-refractivity contribution in [1.82, 2.24) is 4.90 Å². The zero-order valence-corrected chi connectivity index (χ0v) is 16.2. The van der Waals surface area contributed by atoms with E-state index in [1.54, 1.807) is 11.8 Å². The highest BCUT2D eigenvalue weighted by Crippen LogP contribution is 2.45. The van der Waals surface area contributed by atoms with Crippen LogP contribution in [0.5, 0.6) is 0 Å². The molecule has 1 aromatic rings. The molecule has 2 fully saturated rings. The third-order valence-electron chi connectivity index (χ3n) is 6.76. The number of hydrogen-bond donors (Lipinski definition) is 2. The Balaban J connectivity index is 1.57. The lowest BCUT2D eigenvalue weighted by atomic mass is 9.80. The molecule has 0 radical (unpaired) electrons. The smallest absolute Gasteiger partial charge is 0.309 e. The van der Waals surface area contributed by atoms with Gasteiger partial charge in [0.2, 0.25) is 5.91 Å². The van der Waals surface area contributed by atoms with Gasteiger partial charge >= 0.3 is 5.97 Å². The molecule has 1 spiro atoms. The summed E-state index contributed by atoms with van der Waals surface area (Å²) >= 11 is 0. The van der Waals surface area contributed by atoms with E-state index < -0.39 is 16.9 Å². The Morgan fingerprint density at radius 2 is 1.75 bits per heavy atom. The first-order valence-electron chi connectivity index (χ1n) is 10.1. The van der Waals surface area contributed by atoms with Crippen molar-refractivity contribution in [2.75, 3.05) is 29.9 Å². The fourth-order valence-corrected chi connectivity index (χ4v) is 4.81. The third kappa shape index (κ3) is 2.98. The minimum atomic E-state index is -0.795. The normalized spacial score (nSPS) is 23.3. The van der Waals surface area contributed by atoms with Crippen molar-refractivity contribution in [3.05, 3.63) is 24.3 Å². The second-order valence-electron chi connectivity index (χ2n) is 8.58. The molecule has 2 aliphatic heterocycles. The molecule has 0 bridgehead atoms. The van der Waals surface area contributed by atoms with E-state index in [0.717, 1.165) is 18.5 Å². The Morgan fingerprint density at radius 1 is 1.11 bits per heavy atom. The number of benzene rings is 1. The number of aliphatic carboxylic acids is 1. The van der Waals surface area contributed by atoms with E-state index in [0.29, 0.717) is 44.5 Å². The van der Waals surface area contributed by atoms with Crippen LogP contribution in [-0.4, -0.2) is 53.0 Å². The van der Waals surface area contributed by atoms with Crippen molar-refractivity contribution in [3.63, 3.8) is 0 Å². The van der Waals surface area contributed by atoms with E-state index in [1.165, 1.54) is 0 Å². The van der Waals surface area contributed by atoms with Gasteiger partial charge in [0.15, 0.2) is 0 Å². The van der Waals surface area contributed by atoms with Crippen LogP contribution in [0.25, 0.3) is 0 Å². The Bertz CT molecular complexity index is 808. The summed E-state index contributed by atoms with van der Waals surface area (Å²) in [5.74, 6) is -0.942. The number of carbonyl (C=O) groups is 3. The van der Waals surface area contributed by atoms with Gasteiger partial charge in [0.05, 0.1) is 23.3 Å². The SMILES string of the molecule is CC1(C(=O)O)CCN(CC(=O)N2c3ccccc3NC(=O)C23CCCC3)CC1. The number of anilines is 2. The molecule has 1 aromatic carbocycles. The van der Waals surface area contributed by atoms with Gasteiger partial charge in [0, 0.05) is 0 Å². The molecule has 2 N–H and O–H groups in total. The minimum Gasteiger partial charge on any atom is -0.481 e. The molecule has 7 nitrogen and oxygen atoms in total. The van der Waals surface area contributed by atoms with E-state index in [-0.39, 0.29) is 18.4 Å². The molecule has 4 rings (SSSR count). The number of likely N-dealkylation sites (tertiary alicyclic amines) is 1. The average molecular weight is 385 g/mol. The van der Waals surface area contributed by atoms with E-state index in [2.05, 4.69) is 5.32 Å². The lowest BCUT2D eigenvalue weighted by molar-refractivity contribution is -0.150. The standard InChI is InChI=1S/C21H27N3O4/c1-20(19(27)28)10-12-23(13-11-20)14-17(25)24-16-7-3-2-6-15(16)22-18(26)21(24)8-4-5-9-21/h2-3,6-7H,4-5,8-14H2,1H3,(H,22,26)(H,27,28). The molecule has 1 aliphatic carbocycles. The molecule has 2 heterocycles. The Hall–Kier alpha value is -2.41. The van der Waals surface area contributed by atoms with Gasteiger partial charge < -0.3 is 10.4 Å². The summed E-state index contributed by atoms with van der Waals surface area (Å²) < 4.78 is 0. The largest absolute Gasteiger partial charge is 0.481 e. The molecule has 0 unspecified atom stereocenters. The quantitative estimate of drug-likeness (QED) is 0.834. The van der Waals surface area contributed by atoms with Crippen molar-refractivity contribution in [2.45, 2.75) is 51.0 Å². The van der Waals surface area contributed by atoms with Crippen LogP contribution in [0.1, 0.15) is 45.4 Å². The lowest BCUT2D eigenvalue weighted by Gasteiger charge is -2.45. The summed E-state index contributed by atoms with van der Waals surface area (Å²) in [6, 6.07) is 7.46. The van der Waals surface area contributed by atoms with Gasteiger partial charge in [-0.25, -0.2) is 0 Å². The summed E-state index contributed by atoms with van der Waals surface area (Å²) in [6.45, 7) is 3.12. The van der Waals surface area contributed by atoms with Gasteiger partial charge in [0.25, 0.3) is 5.91 Å². The van der Waals surface area contributed by atoms with Crippen LogP contribution in [0.2, 0.25) is 0 Å². The van der Waals surface area contributed by atoms with Gasteiger partial charge in [-0.05, 0) is 57.8 Å². The van der Waals surface area contributed by atoms with Gasteiger partial charge in [-0.3, -0.25) is 24.2 Å². The summed E-state index contributed by atoms with van der Waals surface area (Å²) in [6.07, 6.45) is 4.27. The number of nitrogens with one attached hydrogen (secondary N) is 1. The predicted molar refractivity (Wildman–Crippen MR) is 105 cm³/mol. The zero-order valence-electron chi connectivity index (χ0n) is 16.2. The van der Waals surface area contributed by atoms with Crippen LogP contribution in [0.3, 0.4) is 0 Å². The highest BCUT2D eigenvalue weighted by molar-refractivity contribution is 6.15. The summed E-state index contributed by atoms with van der Waals surface area (Å²) in [5.41, 5.74) is -0.0717. The van der Waals surface area contributed by atoms with Crippen molar-refractivity contribution in [2.24, 2.45) is 5.41 Å². The van der Waals surface area contributed by atoms with E-state index in [9.17, 15) is 19.5 Å². The molecule has 0 aromatic heterocycles. The fraction of sp³-hybridized carbons (Fsp3) is 0.571. The Labute approximate surface area is 164 Å². The van der Waals surface area contributed by atoms with E-state index >= 15 is 0 Å². The maximum atomic E-state index is 13.4. The summed E-state index contributed by atoms with van der Waals surface area (Å²) in [7, 11) is 0. The number of nitrogens with zero attached hydrogens (tertiary/aromatic N) is 2. The second-order valence-corrected chi connectivity index (χ2v) is 8.58. The first kappa shape index (κ1) is 18.9. The number of amides is 2. The first-order valence-corrected chi connectivity index (χ1v) is 10.1. The van der Waals surface area contributed by atoms with E-state index in [1.807, 2.05) is 29.2 Å². The number of para-hydroxylation sites is 2. The molecule has 3 aliphatic rings. The number of fused-ring (bicyclic) bond motifs is 1. The van der Waals surface area contributed by atoms with Crippen LogP contribution in [0.4, 0.5) is 11.4 Å². The maximum Gasteiger partial charge on any atom is 0.309 e. The van der Waals surface area contributed by atoms with E-state index in [4.69, 9.17) is 0 Å². The number of hydrogen-bond acceptors (Lipinski definition) is 4. The van der Waals surface area contributed by atoms with Crippen LogP contribution in [0.15, 0.2) is 24.3 Å². The number of piperidine rings is 1. The van der Waals surface area contributed by atoms with Crippen LogP contribution >= 0.6 is 0 Å². The fourth-order valence-electron chi connectivity index (χ4n) is 4.81. The van der Waals surface area contributed by atoms with Gasteiger partial charge in [-0.1, -0.05) is 25.0 Å². The molecule has 0 atom stereocenters. The number of carbonyl (C=O) groups excluding carboxylic acids is 2. The number of rotatable bonds is 3. The summed E-state index contributed by atoms with van der Waals surface area (Å²) in [4.78, 5) is 41.6. The van der Waals surface area contributed by atoms with Crippen LogP contribution in [-0.2, 0) is 14.4 Å². The molecular formula is C21H27N3O4. The molecule has 28 heavy (non-hydrogen) atoms. The molecule has 7 heteroatoms. The Morgan fingerprint density at radius 3 is 2.39 bits per heavy atom. The molecule has 150 valence electrons. The number of carboxylic acid groups (broad SMARTS) is 1. The van der Waals surface area contributed by atoms with Crippen molar-refractivity contribution < 1.29 is 19.5 Å². The van der Waals surface area contributed by atoms with Gasteiger partial charge in [-0.15, -0.1) is 0 Å². The molecule has 1 saturated carbocycles. The average Bonchev–Trinajstić information content (AvgIpc) is 3.15. The maximum absolute atomic E-state index is 13.4. The van der Waals surface area contributed by atoms with Crippen LogP contribution in [0, 0.1) is 5.41 Å². The highest BCUT2D eigenvalue weighted by Gasteiger charge is 2.52. The number of carboxylic acids is 1. The van der Waals surface area contributed by atoms with Crippen molar-refractivity contribution in [1.29, 1.82) is 0 Å². The lowest BCUT2D eigenvalue weighted by Crippen LogP contribution is -2.62. The second kappa shape index (κ2) is 6.88. The molecular weight excluding hydrogens is 358 g/mol. The van der Waals surface area contributed by atoms with Crippen LogP contribution < -0.4 is 10.2 Å².